The highest BCUT2D eigenvalue weighted by molar-refractivity contribution is 14.1. The molecule has 1 atom stereocenters. The standard InChI is InChI=1S/C8H17I/c1-3-5-6-7-8(9)4-2/h8H,3-7H2,1-2H3. The van der Waals surface area contributed by atoms with E-state index in [1.807, 2.05) is 0 Å². The molecule has 1 unspecified atom stereocenters. The van der Waals surface area contributed by atoms with Gasteiger partial charge in [0.25, 0.3) is 0 Å². The second kappa shape index (κ2) is 6.84. The molecule has 0 bridgehead atoms. The van der Waals surface area contributed by atoms with Gasteiger partial charge in [0.1, 0.15) is 0 Å². The smallest absolute Gasteiger partial charge is 0.0107 e. The minimum Gasteiger partial charge on any atom is -0.0826 e. The average molecular weight is 240 g/mol. The molecule has 0 saturated carbocycles. The summed E-state index contributed by atoms with van der Waals surface area (Å²) in [5, 5.41) is 0. The van der Waals surface area contributed by atoms with Gasteiger partial charge in [0.05, 0.1) is 0 Å². The van der Waals surface area contributed by atoms with E-state index in [-0.39, 0.29) is 0 Å². The van der Waals surface area contributed by atoms with Gasteiger partial charge in [0.15, 0.2) is 0 Å². The summed E-state index contributed by atoms with van der Waals surface area (Å²) in [5.41, 5.74) is 0. The molecule has 9 heavy (non-hydrogen) atoms. The fourth-order valence-corrected chi connectivity index (χ4v) is 1.26. The molecule has 0 aromatic carbocycles. The Bertz CT molecular complexity index is 52.5. The highest BCUT2D eigenvalue weighted by atomic mass is 127. The molecule has 0 fully saturated rings. The van der Waals surface area contributed by atoms with Crippen LogP contribution in [0.1, 0.15) is 46.0 Å². The SMILES string of the molecule is CCCCCC(I)CC. The topological polar surface area (TPSA) is 0 Å². The van der Waals surface area contributed by atoms with Crippen LogP contribution in [-0.2, 0) is 0 Å². The van der Waals surface area contributed by atoms with Gasteiger partial charge in [0.2, 0.25) is 0 Å². The van der Waals surface area contributed by atoms with Crippen LogP contribution in [0.5, 0.6) is 0 Å². The summed E-state index contributed by atoms with van der Waals surface area (Å²) in [4.78, 5) is 0. The number of rotatable bonds is 5. The van der Waals surface area contributed by atoms with Crippen LogP contribution in [0.2, 0.25) is 0 Å². The van der Waals surface area contributed by atoms with E-state index in [9.17, 15) is 0 Å². The van der Waals surface area contributed by atoms with E-state index in [1.54, 1.807) is 0 Å². The first kappa shape index (κ1) is 9.73. The molecule has 0 aromatic rings. The van der Waals surface area contributed by atoms with Crippen LogP contribution >= 0.6 is 22.6 Å². The lowest BCUT2D eigenvalue weighted by atomic mass is 10.1. The van der Waals surface area contributed by atoms with Crippen molar-refractivity contribution in [1.82, 2.24) is 0 Å². The van der Waals surface area contributed by atoms with E-state index in [0.717, 1.165) is 3.92 Å². The lowest BCUT2D eigenvalue weighted by molar-refractivity contribution is 0.647. The number of alkyl halides is 1. The van der Waals surface area contributed by atoms with Crippen molar-refractivity contribution in [2.45, 2.75) is 49.9 Å². The zero-order valence-corrected chi connectivity index (χ0v) is 8.65. The predicted molar refractivity (Wildman–Crippen MR) is 52.2 cm³/mol. The molecule has 0 saturated heterocycles. The Labute approximate surface area is 72.6 Å². The van der Waals surface area contributed by atoms with Crippen molar-refractivity contribution in [3.63, 3.8) is 0 Å². The lowest BCUT2D eigenvalue weighted by Gasteiger charge is -2.03. The lowest BCUT2D eigenvalue weighted by Crippen LogP contribution is -1.93. The molecule has 0 aromatic heterocycles. The summed E-state index contributed by atoms with van der Waals surface area (Å²) in [6.07, 6.45) is 6.96. The van der Waals surface area contributed by atoms with Crippen LogP contribution < -0.4 is 0 Å². The second-order valence-corrected chi connectivity index (χ2v) is 4.26. The Kier molecular flexibility index (Phi) is 7.40. The third kappa shape index (κ3) is 6.62. The van der Waals surface area contributed by atoms with Crippen molar-refractivity contribution in [3.8, 4) is 0 Å². The van der Waals surface area contributed by atoms with Gasteiger partial charge in [-0.1, -0.05) is 55.7 Å². The summed E-state index contributed by atoms with van der Waals surface area (Å²) in [6, 6.07) is 0. The van der Waals surface area contributed by atoms with Crippen LogP contribution in [0, 0.1) is 0 Å². The first-order chi connectivity index (χ1) is 4.31. The van der Waals surface area contributed by atoms with Gasteiger partial charge in [-0.15, -0.1) is 0 Å². The van der Waals surface area contributed by atoms with E-state index in [2.05, 4.69) is 36.4 Å². The number of hydrogen-bond donors (Lipinski definition) is 0. The Morgan fingerprint density at radius 2 is 1.89 bits per heavy atom. The maximum absolute atomic E-state index is 2.55. The first-order valence-electron chi connectivity index (χ1n) is 3.95. The van der Waals surface area contributed by atoms with E-state index in [1.165, 1.54) is 32.1 Å². The predicted octanol–water partition coefficient (Wildman–Crippen LogP) is 3.78. The normalized spacial score (nSPS) is 13.7. The summed E-state index contributed by atoms with van der Waals surface area (Å²) in [5.74, 6) is 0. The quantitative estimate of drug-likeness (QED) is 0.389. The van der Waals surface area contributed by atoms with Gasteiger partial charge in [0, 0.05) is 3.92 Å². The zero-order valence-electron chi connectivity index (χ0n) is 6.49. The number of halogens is 1. The third-order valence-electron chi connectivity index (χ3n) is 1.56. The Hall–Kier alpha value is 0.730. The largest absolute Gasteiger partial charge is 0.0826 e. The minimum atomic E-state index is 0.925. The van der Waals surface area contributed by atoms with Crippen LogP contribution in [0.3, 0.4) is 0 Å². The van der Waals surface area contributed by atoms with Gasteiger partial charge >= 0.3 is 0 Å². The zero-order chi connectivity index (χ0) is 7.11. The second-order valence-electron chi connectivity index (χ2n) is 2.50. The van der Waals surface area contributed by atoms with Gasteiger partial charge in [-0.3, -0.25) is 0 Å². The Morgan fingerprint density at radius 3 is 2.33 bits per heavy atom. The maximum atomic E-state index is 2.55. The van der Waals surface area contributed by atoms with E-state index in [4.69, 9.17) is 0 Å². The molecule has 56 valence electrons. The Morgan fingerprint density at radius 1 is 1.22 bits per heavy atom. The molecule has 0 heterocycles. The van der Waals surface area contributed by atoms with Crippen LogP contribution in [0.4, 0.5) is 0 Å². The first-order valence-corrected chi connectivity index (χ1v) is 5.19. The van der Waals surface area contributed by atoms with Crippen molar-refractivity contribution in [2.24, 2.45) is 0 Å². The molecule has 0 nitrogen and oxygen atoms in total. The van der Waals surface area contributed by atoms with Crippen molar-refractivity contribution < 1.29 is 0 Å². The van der Waals surface area contributed by atoms with E-state index < -0.39 is 0 Å². The van der Waals surface area contributed by atoms with Gasteiger partial charge < -0.3 is 0 Å². The summed E-state index contributed by atoms with van der Waals surface area (Å²) < 4.78 is 0.925. The molecule has 0 N–H and O–H groups in total. The molecular formula is C8H17I. The fourth-order valence-electron chi connectivity index (χ4n) is 0.820. The van der Waals surface area contributed by atoms with E-state index >= 15 is 0 Å². The van der Waals surface area contributed by atoms with Gasteiger partial charge in [-0.2, -0.15) is 0 Å². The number of hydrogen-bond acceptors (Lipinski definition) is 0. The van der Waals surface area contributed by atoms with Crippen molar-refractivity contribution >= 4 is 22.6 Å². The van der Waals surface area contributed by atoms with Gasteiger partial charge in [-0.25, -0.2) is 0 Å². The summed E-state index contributed by atoms with van der Waals surface area (Å²) in [6.45, 7) is 4.52. The Balaban J connectivity index is 2.88. The molecule has 0 aliphatic heterocycles. The summed E-state index contributed by atoms with van der Waals surface area (Å²) >= 11 is 2.55. The van der Waals surface area contributed by atoms with E-state index in [0.29, 0.717) is 0 Å². The maximum Gasteiger partial charge on any atom is 0.0107 e. The highest BCUT2D eigenvalue weighted by Crippen LogP contribution is 2.13. The molecule has 0 aliphatic rings. The fraction of sp³-hybridized carbons (Fsp3) is 1.00. The molecule has 1 heteroatoms. The molecule has 0 rings (SSSR count). The van der Waals surface area contributed by atoms with Crippen molar-refractivity contribution in [1.29, 1.82) is 0 Å². The van der Waals surface area contributed by atoms with Crippen LogP contribution in [0.15, 0.2) is 0 Å². The molecular weight excluding hydrogens is 223 g/mol. The van der Waals surface area contributed by atoms with Crippen molar-refractivity contribution in [3.05, 3.63) is 0 Å². The third-order valence-corrected chi connectivity index (χ3v) is 3.07. The molecule has 0 spiro atoms. The average Bonchev–Trinajstić information content (AvgIpc) is 1.89. The molecule has 0 amide bonds. The monoisotopic (exact) mass is 240 g/mol. The van der Waals surface area contributed by atoms with Gasteiger partial charge in [-0.05, 0) is 12.8 Å². The van der Waals surface area contributed by atoms with Crippen molar-refractivity contribution in [2.75, 3.05) is 0 Å². The molecule has 0 aliphatic carbocycles. The highest BCUT2D eigenvalue weighted by Gasteiger charge is 1.97. The van der Waals surface area contributed by atoms with Crippen LogP contribution in [0.25, 0.3) is 0 Å². The van der Waals surface area contributed by atoms with Crippen LogP contribution in [-0.4, -0.2) is 3.92 Å². The molecule has 0 radical (unpaired) electrons. The summed E-state index contributed by atoms with van der Waals surface area (Å²) in [7, 11) is 0. The number of unbranched alkanes of at least 4 members (excludes halogenated alkanes) is 2. The minimum absolute atomic E-state index is 0.925.